The average Bonchev–Trinajstić information content (AvgIpc) is 2.87. The van der Waals surface area contributed by atoms with Crippen LogP contribution in [0.5, 0.6) is 0 Å². The number of aromatic nitrogens is 2. The zero-order valence-corrected chi connectivity index (χ0v) is 10.5. The van der Waals surface area contributed by atoms with Crippen LogP contribution in [0.1, 0.15) is 29.8 Å². The third-order valence-corrected chi connectivity index (χ3v) is 3.23. The third-order valence-electron chi connectivity index (χ3n) is 3.23. The second-order valence-electron chi connectivity index (χ2n) is 4.42. The number of nitrogens with one attached hydrogen (secondary N) is 1. The Morgan fingerprint density at radius 3 is 2.74 bits per heavy atom. The molecule has 1 aromatic heterocycles. The number of carbonyl (C=O) groups excluding carboxylic acids is 1. The summed E-state index contributed by atoms with van der Waals surface area (Å²) in [5.74, 6) is -1.29. The fourth-order valence-corrected chi connectivity index (χ4v) is 2.24. The van der Waals surface area contributed by atoms with Crippen molar-refractivity contribution in [3.8, 4) is 0 Å². The summed E-state index contributed by atoms with van der Waals surface area (Å²) in [7, 11) is 1.27. The van der Waals surface area contributed by atoms with E-state index in [0.29, 0.717) is 12.2 Å². The molecule has 0 radical (unpaired) electrons. The molecule has 1 heterocycles. The molecule has 0 saturated heterocycles. The largest absolute Gasteiger partial charge is 0.481 e. The van der Waals surface area contributed by atoms with Crippen LogP contribution in [0.4, 0.5) is 5.82 Å². The zero-order valence-electron chi connectivity index (χ0n) is 10.5. The molecule has 19 heavy (non-hydrogen) atoms. The summed E-state index contributed by atoms with van der Waals surface area (Å²) in [5.41, 5.74) is 0.120. The van der Waals surface area contributed by atoms with Crippen molar-refractivity contribution in [1.29, 1.82) is 0 Å². The molecule has 2 N–H and O–H groups in total. The number of hydrogen-bond donors (Lipinski definition) is 2. The van der Waals surface area contributed by atoms with Crippen LogP contribution in [0.2, 0.25) is 0 Å². The van der Waals surface area contributed by atoms with E-state index in [0.717, 1.165) is 12.8 Å². The first-order valence-electron chi connectivity index (χ1n) is 6.03. The molecule has 2 atom stereocenters. The van der Waals surface area contributed by atoms with Gasteiger partial charge in [0.15, 0.2) is 5.69 Å². The van der Waals surface area contributed by atoms with E-state index in [-0.39, 0.29) is 11.7 Å². The maximum absolute atomic E-state index is 11.2. The zero-order chi connectivity index (χ0) is 13.8. The minimum absolute atomic E-state index is 0.120. The molecular weight excluding hydrogens is 250 g/mol. The van der Waals surface area contributed by atoms with E-state index in [2.05, 4.69) is 20.3 Å². The molecule has 1 aliphatic rings. The highest BCUT2D eigenvalue weighted by molar-refractivity contribution is 5.86. The Labute approximate surface area is 110 Å². The molecule has 7 heteroatoms. The number of methoxy groups -OCH3 is 1. The number of carboxylic acid groups (broad SMARTS) is 1. The van der Waals surface area contributed by atoms with Gasteiger partial charge in [0, 0.05) is 6.04 Å². The SMILES string of the molecule is COC(=O)c1ccc(NC2CCCC2C(=O)O)nn1. The molecule has 1 aromatic rings. The lowest BCUT2D eigenvalue weighted by Gasteiger charge is -2.17. The van der Waals surface area contributed by atoms with Crippen LogP contribution in [-0.4, -0.2) is 40.4 Å². The summed E-state index contributed by atoms with van der Waals surface area (Å²) >= 11 is 0. The highest BCUT2D eigenvalue weighted by Gasteiger charge is 2.33. The molecule has 0 aliphatic heterocycles. The van der Waals surface area contributed by atoms with Gasteiger partial charge >= 0.3 is 11.9 Å². The van der Waals surface area contributed by atoms with Crippen LogP contribution in [-0.2, 0) is 9.53 Å². The van der Waals surface area contributed by atoms with Gasteiger partial charge in [0.25, 0.3) is 0 Å². The van der Waals surface area contributed by atoms with Crippen LogP contribution in [0.25, 0.3) is 0 Å². The average molecular weight is 265 g/mol. The highest BCUT2D eigenvalue weighted by atomic mass is 16.5. The molecule has 0 spiro atoms. The second-order valence-corrected chi connectivity index (χ2v) is 4.42. The van der Waals surface area contributed by atoms with Crippen LogP contribution >= 0.6 is 0 Å². The number of aliphatic carboxylic acids is 1. The van der Waals surface area contributed by atoms with Gasteiger partial charge in [-0.25, -0.2) is 4.79 Å². The van der Waals surface area contributed by atoms with Gasteiger partial charge in [-0.3, -0.25) is 4.79 Å². The number of esters is 1. The highest BCUT2D eigenvalue weighted by Crippen LogP contribution is 2.28. The summed E-state index contributed by atoms with van der Waals surface area (Å²) in [5, 5.41) is 19.7. The van der Waals surface area contributed by atoms with Crippen molar-refractivity contribution in [3.63, 3.8) is 0 Å². The summed E-state index contributed by atoms with van der Waals surface area (Å²) in [4.78, 5) is 22.2. The first kappa shape index (κ1) is 13.3. The Kier molecular flexibility index (Phi) is 3.94. The van der Waals surface area contributed by atoms with E-state index < -0.39 is 17.9 Å². The quantitative estimate of drug-likeness (QED) is 0.781. The van der Waals surface area contributed by atoms with Gasteiger partial charge in [0.1, 0.15) is 5.82 Å². The van der Waals surface area contributed by atoms with Gasteiger partial charge in [0.2, 0.25) is 0 Å². The standard InChI is InChI=1S/C12H15N3O4/c1-19-12(18)9-5-6-10(15-14-9)13-8-4-2-3-7(8)11(16)17/h5-8H,2-4H2,1H3,(H,13,15)(H,16,17). The maximum Gasteiger partial charge on any atom is 0.358 e. The van der Waals surface area contributed by atoms with Crippen molar-refractivity contribution < 1.29 is 19.4 Å². The summed E-state index contributed by atoms with van der Waals surface area (Å²) in [6.45, 7) is 0. The molecule has 1 fully saturated rings. The predicted octanol–water partition coefficient (Wildman–Crippen LogP) is 0.928. The van der Waals surface area contributed by atoms with Crippen molar-refractivity contribution in [2.75, 3.05) is 12.4 Å². The molecule has 2 rings (SSSR count). The number of rotatable bonds is 4. The predicted molar refractivity (Wildman–Crippen MR) is 65.8 cm³/mol. The van der Waals surface area contributed by atoms with Crippen LogP contribution in [0.3, 0.4) is 0 Å². The molecule has 0 aromatic carbocycles. The smallest absolute Gasteiger partial charge is 0.358 e. The molecule has 0 amide bonds. The van der Waals surface area contributed by atoms with Crippen LogP contribution < -0.4 is 5.32 Å². The minimum Gasteiger partial charge on any atom is -0.481 e. The number of carbonyl (C=O) groups is 2. The van der Waals surface area contributed by atoms with E-state index in [1.165, 1.54) is 13.2 Å². The van der Waals surface area contributed by atoms with Crippen molar-refractivity contribution >= 4 is 17.8 Å². The van der Waals surface area contributed by atoms with Gasteiger partial charge in [-0.1, -0.05) is 6.42 Å². The lowest BCUT2D eigenvalue weighted by molar-refractivity contribution is -0.141. The Balaban J connectivity index is 2.03. The first-order valence-corrected chi connectivity index (χ1v) is 6.03. The fourth-order valence-electron chi connectivity index (χ4n) is 2.24. The number of anilines is 1. The van der Waals surface area contributed by atoms with E-state index in [1.54, 1.807) is 6.07 Å². The summed E-state index contributed by atoms with van der Waals surface area (Å²) in [6.07, 6.45) is 2.33. The minimum atomic E-state index is -0.797. The number of hydrogen-bond acceptors (Lipinski definition) is 6. The molecule has 7 nitrogen and oxygen atoms in total. The van der Waals surface area contributed by atoms with Crippen molar-refractivity contribution in [2.24, 2.45) is 5.92 Å². The third kappa shape index (κ3) is 2.98. The molecule has 1 aliphatic carbocycles. The molecule has 2 unspecified atom stereocenters. The first-order chi connectivity index (χ1) is 9.11. The van der Waals surface area contributed by atoms with E-state index in [4.69, 9.17) is 5.11 Å². The lowest BCUT2D eigenvalue weighted by Crippen LogP contribution is -2.30. The Bertz CT molecular complexity index is 474. The van der Waals surface area contributed by atoms with Gasteiger partial charge < -0.3 is 15.2 Å². The fraction of sp³-hybridized carbons (Fsp3) is 0.500. The summed E-state index contributed by atoms with van der Waals surface area (Å²) < 4.78 is 4.52. The van der Waals surface area contributed by atoms with E-state index in [9.17, 15) is 9.59 Å². The lowest BCUT2D eigenvalue weighted by atomic mass is 10.0. The van der Waals surface area contributed by atoms with Crippen molar-refractivity contribution in [2.45, 2.75) is 25.3 Å². The molecular formula is C12H15N3O4. The molecule has 1 saturated carbocycles. The number of carboxylic acids is 1. The van der Waals surface area contributed by atoms with Gasteiger partial charge in [0.05, 0.1) is 13.0 Å². The maximum atomic E-state index is 11.2. The summed E-state index contributed by atoms with van der Waals surface area (Å²) in [6, 6.07) is 2.94. The Morgan fingerprint density at radius 2 is 2.16 bits per heavy atom. The monoisotopic (exact) mass is 265 g/mol. The van der Waals surface area contributed by atoms with Crippen molar-refractivity contribution in [3.05, 3.63) is 17.8 Å². The van der Waals surface area contributed by atoms with E-state index >= 15 is 0 Å². The number of ether oxygens (including phenoxy) is 1. The topological polar surface area (TPSA) is 101 Å². The Hall–Kier alpha value is -2.18. The van der Waals surface area contributed by atoms with Crippen molar-refractivity contribution in [1.82, 2.24) is 10.2 Å². The molecule has 0 bridgehead atoms. The van der Waals surface area contributed by atoms with Gasteiger partial charge in [-0.05, 0) is 25.0 Å². The molecule has 102 valence electrons. The number of nitrogens with zero attached hydrogens (tertiary/aromatic N) is 2. The Morgan fingerprint density at radius 1 is 1.37 bits per heavy atom. The van der Waals surface area contributed by atoms with Gasteiger partial charge in [-0.2, -0.15) is 0 Å². The van der Waals surface area contributed by atoms with Gasteiger partial charge in [-0.15, -0.1) is 10.2 Å². The second kappa shape index (κ2) is 5.64. The normalized spacial score (nSPS) is 21.9. The van der Waals surface area contributed by atoms with Crippen LogP contribution in [0, 0.1) is 5.92 Å². The van der Waals surface area contributed by atoms with E-state index in [1.807, 2.05) is 0 Å². The van der Waals surface area contributed by atoms with Crippen LogP contribution in [0.15, 0.2) is 12.1 Å².